The van der Waals surface area contributed by atoms with E-state index < -0.39 is 0 Å². The van der Waals surface area contributed by atoms with E-state index in [1.807, 2.05) is 35.9 Å². The first-order valence-electron chi connectivity index (χ1n) is 9.54. The number of likely N-dealkylation sites (N-methyl/N-ethyl adjacent to an activating group) is 1. The van der Waals surface area contributed by atoms with Crippen molar-refractivity contribution >= 4 is 27.7 Å². The maximum Gasteiger partial charge on any atom is 0.291 e. The van der Waals surface area contributed by atoms with Gasteiger partial charge in [-0.25, -0.2) is 4.68 Å². The number of amides is 1. The highest BCUT2D eigenvalue weighted by Crippen LogP contribution is 2.24. The first kappa shape index (κ1) is 17.7. The Morgan fingerprint density at radius 3 is 2.93 bits per heavy atom. The maximum absolute atomic E-state index is 12.9. The third-order valence-corrected chi connectivity index (χ3v) is 5.64. The van der Waals surface area contributed by atoms with Gasteiger partial charge >= 0.3 is 0 Å². The van der Waals surface area contributed by atoms with Crippen LogP contribution in [0.3, 0.4) is 0 Å². The van der Waals surface area contributed by atoms with E-state index >= 15 is 0 Å². The third-order valence-electron chi connectivity index (χ3n) is 5.64. The van der Waals surface area contributed by atoms with E-state index in [2.05, 4.69) is 22.2 Å². The number of hydrogen-bond acceptors (Lipinski definition) is 4. The summed E-state index contributed by atoms with van der Waals surface area (Å²) in [4.78, 5) is 27.7. The van der Waals surface area contributed by atoms with Crippen LogP contribution in [-0.4, -0.2) is 50.8 Å². The van der Waals surface area contributed by atoms with E-state index in [0.29, 0.717) is 18.1 Å². The van der Waals surface area contributed by atoms with Gasteiger partial charge in [0.2, 0.25) is 5.91 Å². The molecule has 0 aliphatic carbocycles. The summed E-state index contributed by atoms with van der Waals surface area (Å²) in [6, 6.07) is 8.25. The van der Waals surface area contributed by atoms with Gasteiger partial charge in [0.1, 0.15) is 12.1 Å². The van der Waals surface area contributed by atoms with Crippen molar-refractivity contribution in [3.8, 4) is 0 Å². The monoisotopic (exact) mass is 367 g/mol. The number of aryl methyl sites for hydroxylation is 1. The fraction of sp³-hybridized carbons (Fsp3) is 0.450. The number of hydrogen-bond donors (Lipinski definition) is 1. The van der Waals surface area contributed by atoms with Gasteiger partial charge in [0.25, 0.3) is 5.56 Å². The van der Waals surface area contributed by atoms with Crippen LogP contribution in [0.25, 0.3) is 21.8 Å². The normalized spacial score (nSPS) is 17.8. The van der Waals surface area contributed by atoms with Crippen LogP contribution in [0.1, 0.15) is 19.8 Å². The van der Waals surface area contributed by atoms with Crippen LogP contribution >= 0.6 is 0 Å². The Kier molecular flexibility index (Phi) is 4.70. The molecule has 3 aromatic rings. The Hall–Kier alpha value is -2.67. The van der Waals surface area contributed by atoms with Crippen LogP contribution in [0.4, 0.5) is 0 Å². The second-order valence-corrected chi connectivity index (χ2v) is 7.17. The number of benzene rings is 1. The highest BCUT2D eigenvalue weighted by molar-refractivity contribution is 6.07. The van der Waals surface area contributed by atoms with Gasteiger partial charge in [-0.2, -0.15) is 5.10 Å². The number of carbonyl (C=O) groups is 1. The summed E-state index contributed by atoms with van der Waals surface area (Å²) < 4.78 is 3.13. The van der Waals surface area contributed by atoms with Crippen LogP contribution in [-0.2, 0) is 18.4 Å². The average molecular weight is 367 g/mol. The number of para-hydroxylation sites is 1. The summed E-state index contributed by atoms with van der Waals surface area (Å²) in [7, 11) is 1.87. The number of carbonyl (C=O) groups excluding carboxylic acids is 1. The molecule has 1 saturated heterocycles. The van der Waals surface area contributed by atoms with E-state index in [1.54, 1.807) is 6.20 Å². The summed E-state index contributed by atoms with van der Waals surface area (Å²) in [5.41, 5.74) is 1.32. The minimum absolute atomic E-state index is 0.0604. The zero-order chi connectivity index (χ0) is 19.0. The SMILES string of the molecule is CCN1CCCC1CNC(=O)Cn1ncc2c3ccccc3n(C)c2c1=O. The van der Waals surface area contributed by atoms with Gasteiger partial charge in [0.15, 0.2) is 0 Å². The molecule has 1 aliphatic rings. The third kappa shape index (κ3) is 3.12. The Morgan fingerprint density at radius 2 is 2.11 bits per heavy atom. The molecule has 0 bridgehead atoms. The van der Waals surface area contributed by atoms with Crippen molar-refractivity contribution in [2.45, 2.75) is 32.4 Å². The highest BCUT2D eigenvalue weighted by atomic mass is 16.2. The number of likely N-dealkylation sites (tertiary alicyclic amines) is 1. The molecule has 1 fully saturated rings. The minimum Gasteiger partial charge on any atom is -0.353 e. The van der Waals surface area contributed by atoms with Gasteiger partial charge in [-0.1, -0.05) is 25.1 Å². The quantitative estimate of drug-likeness (QED) is 0.742. The molecule has 1 aromatic carbocycles. The molecule has 1 atom stereocenters. The number of aromatic nitrogens is 3. The minimum atomic E-state index is -0.239. The summed E-state index contributed by atoms with van der Waals surface area (Å²) in [5.74, 6) is -0.175. The van der Waals surface area contributed by atoms with Gasteiger partial charge in [0.05, 0.1) is 6.20 Å². The van der Waals surface area contributed by atoms with Gasteiger partial charge < -0.3 is 9.88 Å². The molecule has 1 aliphatic heterocycles. The van der Waals surface area contributed by atoms with Crippen molar-refractivity contribution in [1.82, 2.24) is 24.6 Å². The van der Waals surface area contributed by atoms with Crippen molar-refractivity contribution in [3.05, 3.63) is 40.8 Å². The van der Waals surface area contributed by atoms with E-state index in [0.717, 1.165) is 35.8 Å². The van der Waals surface area contributed by atoms with Gasteiger partial charge in [-0.15, -0.1) is 0 Å². The van der Waals surface area contributed by atoms with Crippen LogP contribution in [0, 0.1) is 0 Å². The lowest BCUT2D eigenvalue weighted by atomic mass is 10.2. The molecule has 4 rings (SSSR count). The first-order chi connectivity index (χ1) is 13.1. The molecule has 3 heterocycles. The average Bonchev–Trinajstić information content (AvgIpc) is 3.25. The number of rotatable bonds is 5. The molecule has 1 unspecified atom stereocenters. The fourth-order valence-electron chi connectivity index (χ4n) is 4.19. The van der Waals surface area contributed by atoms with E-state index in [4.69, 9.17) is 0 Å². The standard InChI is InChI=1S/C20H25N5O2/c1-3-24-10-6-7-14(24)11-21-18(26)13-25-20(27)19-16(12-22-25)15-8-4-5-9-17(15)23(19)2/h4-5,8-9,12,14H,3,6-7,10-11,13H2,1-2H3,(H,21,26). The second-order valence-electron chi connectivity index (χ2n) is 7.17. The van der Waals surface area contributed by atoms with Crippen molar-refractivity contribution < 1.29 is 4.79 Å². The Morgan fingerprint density at radius 1 is 1.30 bits per heavy atom. The van der Waals surface area contributed by atoms with Crippen molar-refractivity contribution in [2.24, 2.45) is 7.05 Å². The van der Waals surface area contributed by atoms with Crippen molar-refractivity contribution in [3.63, 3.8) is 0 Å². The molecule has 1 amide bonds. The number of fused-ring (bicyclic) bond motifs is 3. The van der Waals surface area contributed by atoms with Gasteiger partial charge in [-0.05, 0) is 32.0 Å². The van der Waals surface area contributed by atoms with Crippen molar-refractivity contribution in [1.29, 1.82) is 0 Å². The highest BCUT2D eigenvalue weighted by Gasteiger charge is 2.23. The van der Waals surface area contributed by atoms with Crippen LogP contribution in [0.5, 0.6) is 0 Å². The van der Waals surface area contributed by atoms with Gasteiger partial charge in [0, 0.05) is 35.9 Å². The molecule has 142 valence electrons. The topological polar surface area (TPSA) is 72.2 Å². The van der Waals surface area contributed by atoms with E-state index in [-0.39, 0.29) is 18.0 Å². The molecule has 0 spiro atoms. The first-order valence-corrected chi connectivity index (χ1v) is 9.54. The lowest BCUT2D eigenvalue weighted by Crippen LogP contribution is -2.42. The lowest BCUT2D eigenvalue weighted by Gasteiger charge is -2.22. The molecule has 1 N–H and O–H groups in total. The number of nitrogens with zero attached hydrogens (tertiary/aromatic N) is 4. The van der Waals surface area contributed by atoms with Gasteiger partial charge in [-0.3, -0.25) is 14.5 Å². The second kappa shape index (κ2) is 7.15. The molecule has 2 aromatic heterocycles. The zero-order valence-corrected chi connectivity index (χ0v) is 15.8. The largest absolute Gasteiger partial charge is 0.353 e. The smallest absolute Gasteiger partial charge is 0.291 e. The van der Waals surface area contributed by atoms with Crippen LogP contribution < -0.4 is 10.9 Å². The molecule has 7 nitrogen and oxygen atoms in total. The summed E-state index contributed by atoms with van der Waals surface area (Å²) in [6.45, 7) is 4.80. The van der Waals surface area contributed by atoms with Crippen LogP contribution in [0.2, 0.25) is 0 Å². The van der Waals surface area contributed by atoms with Crippen molar-refractivity contribution in [2.75, 3.05) is 19.6 Å². The lowest BCUT2D eigenvalue weighted by molar-refractivity contribution is -0.122. The molecule has 0 radical (unpaired) electrons. The van der Waals surface area contributed by atoms with Crippen LogP contribution in [0.15, 0.2) is 35.3 Å². The molecule has 0 saturated carbocycles. The zero-order valence-electron chi connectivity index (χ0n) is 15.8. The Bertz CT molecular complexity index is 1050. The molecular weight excluding hydrogens is 342 g/mol. The molecule has 27 heavy (non-hydrogen) atoms. The Labute approximate surface area is 157 Å². The van der Waals surface area contributed by atoms with E-state index in [9.17, 15) is 9.59 Å². The maximum atomic E-state index is 12.9. The Balaban J connectivity index is 1.55. The molecular formula is C20H25N5O2. The summed E-state index contributed by atoms with van der Waals surface area (Å²) in [6.07, 6.45) is 3.96. The summed E-state index contributed by atoms with van der Waals surface area (Å²) >= 11 is 0. The number of nitrogens with one attached hydrogen (secondary N) is 1. The summed E-state index contributed by atoms with van der Waals surface area (Å²) in [5, 5.41) is 9.02. The van der Waals surface area contributed by atoms with E-state index in [1.165, 1.54) is 11.1 Å². The predicted octanol–water partition coefficient (Wildman–Crippen LogP) is 1.49. The molecule has 7 heteroatoms. The fourth-order valence-corrected chi connectivity index (χ4v) is 4.19. The predicted molar refractivity (Wildman–Crippen MR) is 106 cm³/mol.